The van der Waals surface area contributed by atoms with Crippen LogP contribution in [0.5, 0.6) is 0 Å². The zero-order valence-corrected chi connectivity index (χ0v) is 9.13. The number of nitrogens with one attached hydrogen (secondary N) is 1. The van der Waals surface area contributed by atoms with Gasteiger partial charge in [-0.3, -0.25) is 0 Å². The lowest BCUT2D eigenvalue weighted by Crippen LogP contribution is -2.04. The number of benzene rings is 1. The third kappa shape index (κ3) is 1.35. The van der Waals surface area contributed by atoms with Crippen molar-refractivity contribution in [3.8, 4) is 0 Å². The van der Waals surface area contributed by atoms with Gasteiger partial charge < -0.3 is 9.55 Å². The second-order valence-electron chi connectivity index (χ2n) is 3.91. The topological polar surface area (TPSA) is 20.7 Å². The molecule has 0 saturated carbocycles. The Kier molecular flexibility index (Phi) is 1.99. The van der Waals surface area contributed by atoms with Crippen molar-refractivity contribution < 1.29 is 0 Å². The maximum Gasteiger partial charge on any atom is 0.178 e. The van der Waals surface area contributed by atoms with E-state index in [0.29, 0.717) is 6.04 Å². The van der Waals surface area contributed by atoms with E-state index in [-0.39, 0.29) is 0 Å². The van der Waals surface area contributed by atoms with Gasteiger partial charge in [0, 0.05) is 6.04 Å². The van der Waals surface area contributed by atoms with Crippen LogP contribution in [0, 0.1) is 4.77 Å². The molecule has 3 rings (SSSR count). The van der Waals surface area contributed by atoms with Crippen LogP contribution >= 0.6 is 12.2 Å². The molecule has 0 atom stereocenters. The Morgan fingerprint density at radius 2 is 1.93 bits per heavy atom. The molecule has 0 radical (unpaired) electrons. The summed E-state index contributed by atoms with van der Waals surface area (Å²) in [5.74, 6) is 0. The molecule has 76 valence electrons. The van der Waals surface area contributed by atoms with Gasteiger partial charge in [-0.1, -0.05) is 24.3 Å². The highest BCUT2D eigenvalue weighted by molar-refractivity contribution is 7.71. The van der Waals surface area contributed by atoms with Gasteiger partial charge in [0.1, 0.15) is 0 Å². The summed E-state index contributed by atoms with van der Waals surface area (Å²) in [6.07, 6.45) is 6.65. The van der Waals surface area contributed by atoms with Crippen molar-refractivity contribution in [2.45, 2.75) is 18.9 Å². The molecule has 15 heavy (non-hydrogen) atoms. The van der Waals surface area contributed by atoms with Gasteiger partial charge in [-0.2, -0.15) is 0 Å². The molecular weight excluding hydrogens is 204 g/mol. The Morgan fingerprint density at radius 1 is 1.20 bits per heavy atom. The normalized spacial score (nSPS) is 16.5. The van der Waals surface area contributed by atoms with Gasteiger partial charge in [-0.05, 0) is 37.2 Å². The third-order valence-electron chi connectivity index (χ3n) is 2.97. The molecule has 0 amide bonds. The lowest BCUT2D eigenvalue weighted by molar-refractivity contribution is 0.544. The Hall–Kier alpha value is -1.35. The van der Waals surface area contributed by atoms with Crippen molar-refractivity contribution >= 4 is 23.3 Å². The van der Waals surface area contributed by atoms with Crippen LogP contribution in [0.4, 0.5) is 0 Å². The van der Waals surface area contributed by atoms with E-state index in [9.17, 15) is 0 Å². The first-order valence-corrected chi connectivity index (χ1v) is 5.61. The number of nitrogens with zero attached hydrogens (tertiary/aromatic N) is 1. The quantitative estimate of drug-likeness (QED) is 0.570. The number of H-pyrrole nitrogens is 1. The van der Waals surface area contributed by atoms with Crippen LogP contribution in [0.2, 0.25) is 0 Å². The highest BCUT2D eigenvalue weighted by atomic mass is 32.1. The van der Waals surface area contributed by atoms with E-state index in [0.717, 1.165) is 23.1 Å². The molecule has 0 spiro atoms. The molecule has 1 aromatic heterocycles. The van der Waals surface area contributed by atoms with E-state index < -0.39 is 0 Å². The number of allylic oxidation sites excluding steroid dienone is 2. The number of imidazole rings is 1. The van der Waals surface area contributed by atoms with Crippen molar-refractivity contribution in [1.29, 1.82) is 0 Å². The first-order chi connectivity index (χ1) is 7.36. The van der Waals surface area contributed by atoms with Crippen LogP contribution in [0.1, 0.15) is 18.9 Å². The standard InChI is InChI=1S/C12H12N2S/c15-12-13-10-7-3-4-8-11(10)14(12)9-5-1-2-6-9/h1-4,7-9H,5-6H2,(H,13,15). The average Bonchev–Trinajstić information content (AvgIpc) is 2.82. The minimum atomic E-state index is 0.508. The van der Waals surface area contributed by atoms with Crippen LogP contribution in [0.15, 0.2) is 36.4 Å². The van der Waals surface area contributed by atoms with E-state index >= 15 is 0 Å². The van der Waals surface area contributed by atoms with Crippen molar-refractivity contribution in [1.82, 2.24) is 9.55 Å². The monoisotopic (exact) mass is 216 g/mol. The van der Waals surface area contributed by atoms with Crippen molar-refractivity contribution in [3.63, 3.8) is 0 Å². The molecule has 2 aromatic rings. The summed E-state index contributed by atoms with van der Waals surface area (Å²) in [6, 6.07) is 8.80. The van der Waals surface area contributed by atoms with Crippen molar-refractivity contribution in [3.05, 3.63) is 41.2 Å². The van der Waals surface area contributed by atoms with E-state index in [1.807, 2.05) is 6.07 Å². The molecule has 2 nitrogen and oxygen atoms in total. The third-order valence-corrected chi connectivity index (χ3v) is 3.27. The van der Waals surface area contributed by atoms with Crippen LogP contribution in [-0.4, -0.2) is 9.55 Å². The van der Waals surface area contributed by atoms with Gasteiger partial charge in [-0.15, -0.1) is 0 Å². The Balaban J connectivity index is 2.24. The predicted molar refractivity (Wildman–Crippen MR) is 64.5 cm³/mol. The van der Waals surface area contributed by atoms with Gasteiger partial charge in [0.05, 0.1) is 11.0 Å². The Bertz CT molecular complexity index is 569. The average molecular weight is 216 g/mol. The van der Waals surface area contributed by atoms with Gasteiger partial charge in [0.15, 0.2) is 4.77 Å². The van der Waals surface area contributed by atoms with Crippen molar-refractivity contribution in [2.24, 2.45) is 0 Å². The summed E-state index contributed by atoms with van der Waals surface area (Å²) in [6.45, 7) is 0. The Morgan fingerprint density at radius 3 is 2.73 bits per heavy atom. The Labute approximate surface area is 93.2 Å². The number of fused-ring (bicyclic) bond motifs is 1. The second-order valence-corrected chi connectivity index (χ2v) is 4.30. The fourth-order valence-corrected chi connectivity index (χ4v) is 2.61. The lowest BCUT2D eigenvalue weighted by atomic mass is 10.2. The number of aromatic amines is 1. The molecule has 1 aliphatic rings. The first kappa shape index (κ1) is 8.92. The maximum absolute atomic E-state index is 5.37. The fourth-order valence-electron chi connectivity index (χ4n) is 2.25. The van der Waals surface area contributed by atoms with E-state index in [4.69, 9.17) is 12.2 Å². The second kappa shape index (κ2) is 3.35. The molecule has 1 N–H and O–H groups in total. The SMILES string of the molecule is S=c1[nH]c2ccccc2n1C1CC=CC1. The summed E-state index contributed by atoms with van der Waals surface area (Å²) in [7, 11) is 0. The van der Waals surface area contributed by atoms with Crippen LogP contribution in [0.25, 0.3) is 11.0 Å². The summed E-state index contributed by atoms with van der Waals surface area (Å²) < 4.78 is 3.08. The molecule has 0 bridgehead atoms. The van der Waals surface area contributed by atoms with Gasteiger partial charge in [0.2, 0.25) is 0 Å². The molecule has 0 aliphatic heterocycles. The molecule has 0 saturated heterocycles. The summed E-state index contributed by atoms with van der Waals surface area (Å²) >= 11 is 5.37. The van der Waals surface area contributed by atoms with Crippen LogP contribution in [0.3, 0.4) is 0 Å². The highest BCUT2D eigenvalue weighted by Crippen LogP contribution is 2.28. The molecule has 1 aromatic carbocycles. The largest absolute Gasteiger partial charge is 0.331 e. The molecule has 3 heteroatoms. The molecule has 1 aliphatic carbocycles. The van der Waals surface area contributed by atoms with Gasteiger partial charge >= 0.3 is 0 Å². The fraction of sp³-hybridized carbons (Fsp3) is 0.250. The summed E-state index contributed by atoms with van der Waals surface area (Å²) in [5.41, 5.74) is 2.35. The van der Waals surface area contributed by atoms with E-state index in [1.54, 1.807) is 0 Å². The van der Waals surface area contributed by atoms with Crippen LogP contribution < -0.4 is 0 Å². The maximum atomic E-state index is 5.37. The van der Waals surface area contributed by atoms with Crippen LogP contribution in [-0.2, 0) is 0 Å². The molecular formula is C12H12N2S. The van der Waals surface area contributed by atoms with E-state index in [1.165, 1.54) is 5.52 Å². The van der Waals surface area contributed by atoms with E-state index in [2.05, 4.69) is 39.9 Å². The minimum absolute atomic E-state index is 0.508. The number of hydrogen-bond acceptors (Lipinski definition) is 1. The van der Waals surface area contributed by atoms with Crippen molar-refractivity contribution in [2.75, 3.05) is 0 Å². The zero-order valence-electron chi connectivity index (χ0n) is 8.31. The number of para-hydroxylation sites is 2. The number of aromatic nitrogens is 2. The molecule has 0 unspecified atom stereocenters. The van der Waals surface area contributed by atoms with Gasteiger partial charge in [0.25, 0.3) is 0 Å². The zero-order chi connectivity index (χ0) is 10.3. The predicted octanol–water partition coefficient (Wildman–Crippen LogP) is 3.59. The number of rotatable bonds is 1. The summed E-state index contributed by atoms with van der Waals surface area (Å²) in [5, 5.41) is 0. The van der Waals surface area contributed by atoms with Gasteiger partial charge in [-0.25, -0.2) is 0 Å². The minimum Gasteiger partial charge on any atom is -0.331 e. The highest BCUT2D eigenvalue weighted by Gasteiger charge is 2.15. The smallest absolute Gasteiger partial charge is 0.178 e. The summed E-state index contributed by atoms with van der Waals surface area (Å²) in [4.78, 5) is 3.25. The lowest BCUT2D eigenvalue weighted by Gasteiger charge is -2.12. The number of hydrogen-bond donors (Lipinski definition) is 1. The molecule has 1 heterocycles. The first-order valence-electron chi connectivity index (χ1n) is 5.20. The molecule has 0 fully saturated rings.